The van der Waals surface area contributed by atoms with E-state index >= 15 is 0 Å². The molecule has 1 amide bonds. The molecule has 0 fully saturated rings. The van der Waals surface area contributed by atoms with Crippen molar-refractivity contribution in [2.24, 2.45) is 14.1 Å². The van der Waals surface area contributed by atoms with Crippen LogP contribution in [0.25, 0.3) is 21.9 Å². The first-order chi connectivity index (χ1) is 14.3. The Morgan fingerprint density at radius 1 is 1.10 bits per heavy atom. The van der Waals surface area contributed by atoms with E-state index in [1.807, 2.05) is 49.4 Å². The van der Waals surface area contributed by atoms with Crippen molar-refractivity contribution in [2.45, 2.75) is 19.5 Å². The van der Waals surface area contributed by atoms with E-state index in [9.17, 15) is 14.4 Å². The number of aromatic nitrogens is 4. The quantitative estimate of drug-likeness (QED) is 0.464. The maximum absolute atomic E-state index is 12.8. The molecule has 0 aliphatic rings. The van der Waals surface area contributed by atoms with E-state index in [4.69, 9.17) is 0 Å². The summed E-state index contributed by atoms with van der Waals surface area (Å²) in [5.74, 6) is -0.261. The molecule has 0 saturated heterocycles. The van der Waals surface area contributed by atoms with E-state index in [0.29, 0.717) is 10.4 Å². The highest BCUT2D eigenvalue weighted by atomic mass is 79.9. The molecule has 1 atom stereocenters. The zero-order chi connectivity index (χ0) is 21.6. The lowest BCUT2D eigenvalue weighted by atomic mass is 10.00. The van der Waals surface area contributed by atoms with E-state index in [1.165, 1.54) is 16.2 Å². The first-order valence-electron chi connectivity index (χ1n) is 9.38. The Balaban J connectivity index is 1.66. The summed E-state index contributed by atoms with van der Waals surface area (Å²) in [6.45, 7) is 1.83. The van der Waals surface area contributed by atoms with Crippen LogP contribution in [0.4, 0.5) is 0 Å². The number of benzene rings is 2. The van der Waals surface area contributed by atoms with Crippen molar-refractivity contribution in [3.63, 3.8) is 0 Å². The van der Waals surface area contributed by atoms with Crippen LogP contribution >= 0.6 is 15.9 Å². The van der Waals surface area contributed by atoms with Gasteiger partial charge in [0.2, 0.25) is 5.91 Å². The minimum atomic E-state index is -0.503. The van der Waals surface area contributed by atoms with Gasteiger partial charge in [0.05, 0.1) is 6.04 Å². The number of amides is 1. The van der Waals surface area contributed by atoms with Gasteiger partial charge < -0.3 is 5.32 Å². The van der Waals surface area contributed by atoms with Gasteiger partial charge in [-0.1, -0.05) is 42.5 Å². The lowest BCUT2D eigenvalue weighted by Gasteiger charge is -2.17. The number of hydrogen-bond acceptors (Lipinski definition) is 4. The number of halogens is 1. The van der Waals surface area contributed by atoms with Crippen LogP contribution in [0, 0.1) is 0 Å². The minimum absolute atomic E-state index is 0.0906. The molecule has 2 aromatic carbocycles. The number of nitrogens with one attached hydrogen (secondary N) is 1. The highest BCUT2D eigenvalue weighted by molar-refractivity contribution is 9.10. The van der Waals surface area contributed by atoms with Crippen molar-refractivity contribution in [3.8, 4) is 0 Å². The molecule has 0 aliphatic carbocycles. The van der Waals surface area contributed by atoms with Gasteiger partial charge in [-0.25, -0.2) is 9.78 Å². The summed E-state index contributed by atoms with van der Waals surface area (Å²) in [7, 11) is 2.95. The van der Waals surface area contributed by atoms with Gasteiger partial charge >= 0.3 is 5.69 Å². The Labute approximate surface area is 179 Å². The molecule has 30 heavy (non-hydrogen) atoms. The summed E-state index contributed by atoms with van der Waals surface area (Å²) in [5.41, 5.74) is 0.448. The van der Waals surface area contributed by atoms with E-state index in [1.54, 1.807) is 7.05 Å². The third-order valence-corrected chi connectivity index (χ3v) is 5.87. The Bertz CT molecular complexity index is 1410. The fourth-order valence-corrected chi connectivity index (χ4v) is 4.21. The number of fused-ring (bicyclic) bond motifs is 2. The average Bonchev–Trinajstić information content (AvgIpc) is 3.06. The molecular weight excluding hydrogens is 450 g/mol. The van der Waals surface area contributed by atoms with Gasteiger partial charge in [-0.3, -0.25) is 23.3 Å². The number of carbonyl (C=O) groups is 1. The normalized spacial score (nSPS) is 12.4. The molecule has 0 bridgehead atoms. The SMILES string of the molecule is CC(NC(=O)Cn1c(Br)nc2c(=O)n(C)c(=O)n(C)c21)c1cccc2ccccc12. The maximum atomic E-state index is 12.8. The van der Waals surface area contributed by atoms with E-state index < -0.39 is 11.2 Å². The molecular formula is C21H20BrN5O3. The van der Waals surface area contributed by atoms with Crippen molar-refractivity contribution in [1.82, 2.24) is 24.0 Å². The summed E-state index contributed by atoms with van der Waals surface area (Å²) < 4.78 is 4.14. The summed E-state index contributed by atoms with van der Waals surface area (Å²) in [6, 6.07) is 13.8. The topological polar surface area (TPSA) is 90.9 Å². The number of rotatable bonds is 4. The second-order valence-corrected chi connectivity index (χ2v) is 7.91. The first kappa shape index (κ1) is 20.1. The predicted molar refractivity (Wildman–Crippen MR) is 118 cm³/mol. The summed E-state index contributed by atoms with van der Waals surface area (Å²) in [6.07, 6.45) is 0. The number of aryl methyl sites for hydroxylation is 1. The fraction of sp³-hybridized carbons (Fsp3) is 0.238. The van der Waals surface area contributed by atoms with Crippen LogP contribution in [0.5, 0.6) is 0 Å². The molecule has 8 nitrogen and oxygen atoms in total. The van der Waals surface area contributed by atoms with Gasteiger partial charge in [0, 0.05) is 14.1 Å². The van der Waals surface area contributed by atoms with E-state index in [-0.39, 0.29) is 24.0 Å². The standard InChI is InChI=1S/C21H20BrN5O3/c1-12(14-10-6-8-13-7-4-5-9-15(13)14)23-16(28)11-27-18-17(24-20(27)22)19(29)26(3)21(30)25(18)2/h4-10,12H,11H2,1-3H3,(H,23,28). The fourth-order valence-electron chi connectivity index (χ4n) is 3.74. The molecule has 154 valence electrons. The summed E-state index contributed by atoms with van der Waals surface area (Å²) >= 11 is 3.31. The molecule has 4 aromatic rings. The van der Waals surface area contributed by atoms with Crippen molar-refractivity contribution in [3.05, 3.63) is 73.6 Å². The highest BCUT2D eigenvalue weighted by Gasteiger charge is 2.20. The van der Waals surface area contributed by atoms with Crippen molar-refractivity contribution in [2.75, 3.05) is 0 Å². The number of imidazole rings is 1. The van der Waals surface area contributed by atoms with Crippen molar-refractivity contribution < 1.29 is 4.79 Å². The lowest BCUT2D eigenvalue weighted by Crippen LogP contribution is -2.38. The van der Waals surface area contributed by atoms with E-state index in [2.05, 4.69) is 26.2 Å². The molecule has 1 N–H and O–H groups in total. The van der Waals surface area contributed by atoms with Gasteiger partial charge in [0.25, 0.3) is 5.56 Å². The van der Waals surface area contributed by atoms with Crippen LogP contribution in [-0.4, -0.2) is 24.6 Å². The molecule has 4 rings (SSSR count). The van der Waals surface area contributed by atoms with Crippen LogP contribution in [0.1, 0.15) is 18.5 Å². The molecule has 0 spiro atoms. The molecule has 2 heterocycles. The third-order valence-electron chi connectivity index (χ3n) is 5.26. The molecule has 0 aliphatic heterocycles. The number of carbonyl (C=O) groups excluding carboxylic acids is 1. The van der Waals surface area contributed by atoms with Crippen molar-refractivity contribution in [1.29, 1.82) is 0 Å². The summed E-state index contributed by atoms with van der Waals surface area (Å²) in [4.78, 5) is 41.7. The Kier molecular flexibility index (Phi) is 5.07. The van der Waals surface area contributed by atoms with Crippen LogP contribution in [0.15, 0.2) is 56.8 Å². The van der Waals surface area contributed by atoms with Crippen LogP contribution in [-0.2, 0) is 25.4 Å². The van der Waals surface area contributed by atoms with Crippen LogP contribution in [0.2, 0.25) is 0 Å². The lowest BCUT2D eigenvalue weighted by molar-refractivity contribution is -0.122. The third kappa shape index (κ3) is 3.24. The van der Waals surface area contributed by atoms with Crippen LogP contribution in [0.3, 0.4) is 0 Å². The Morgan fingerprint density at radius 3 is 2.57 bits per heavy atom. The number of hydrogen-bond donors (Lipinski definition) is 1. The largest absolute Gasteiger partial charge is 0.348 e. The average molecular weight is 470 g/mol. The van der Waals surface area contributed by atoms with Gasteiger partial charge in [-0.05, 0) is 39.2 Å². The summed E-state index contributed by atoms with van der Waals surface area (Å²) in [5, 5.41) is 5.18. The van der Waals surface area contributed by atoms with Gasteiger partial charge in [-0.15, -0.1) is 0 Å². The zero-order valence-corrected chi connectivity index (χ0v) is 18.3. The molecule has 1 unspecified atom stereocenters. The van der Waals surface area contributed by atoms with Gasteiger partial charge in [0.1, 0.15) is 6.54 Å². The first-order valence-corrected chi connectivity index (χ1v) is 10.2. The van der Waals surface area contributed by atoms with Gasteiger partial charge in [0.15, 0.2) is 15.9 Å². The molecule has 0 radical (unpaired) electrons. The van der Waals surface area contributed by atoms with Crippen molar-refractivity contribution >= 4 is 43.8 Å². The monoisotopic (exact) mass is 469 g/mol. The van der Waals surface area contributed by atoms with Crippen LogP contribution < -0.4 is 16.6 Å². The molecule has 0 saturated carbocycles. The smallest absolute Gasteiger partial charge is 0.332 e. The second-order valence-electron chi connectivity index (χ2n) is 7.20. The van der Waals surface area contributed by atoms with E-state index in [0.717, 1.165) is 20.9 Å². The van der Waals surface area contributed by atoms with Gasteiger partial charge in [-0.2, -0.15) is 0 Å². The maximum Gasteiger partial charge on any atom is 0.332 e. The minimum Gasteiger partial charge on any atom is -0.348 e. The molecule has 9 heteroatoms. The molecule has 2 aromatic heterocycles. The Morgan fingerprint density at radius 2 is 1.80 bits per heavy atom. The predicted octanol–water partition coefficient (Wildman–Crippen LogP) is 2.23. The second kappa shape index (κ2) is 7.56. The zero-order valence-electron chi connectivity index (χ0n) is 16.7. The Hall–Kier alpha value is -3.20. The highest BCUT2D eigenvalue weighted by Crippen LogP contribution is 2.24. The number of nitrogens with zero attached hydrogens (tertiary/aromatic N) is 4.